The summed E-state index contributed by atoms with van der Waals surface area (Å²) in [6, 6.07) is 9.97. The number of carbonyl (C=O) groups excluding carboxylic acids is 1. The van der Waals surface area contributed by atoms with E-state index in [1.165, 1.54) is 5.56 Å². The third kappa shape index (κ3) is 3.03. The Hall–Kier alpha value is -1.97. The Morgan fingerprint density at radius 3 is 2.80 bits per heavy atom. The first-order valence-electron chi connectivity index (χ1n) is 8.83. The number of benzene rings is 1. The molecule has 0 radical (unpaired) electrons. The van der Waals surface area contributed by atoms with Crippen LogP contribution in [0.3, 0.4) is 0 Å². The van der Waals surface area contributed by atoms with Gasteiger partial charge in [-0.25, -0.2) is 0 Å². The van der Waals surface area contributed by atoms with E-state index in [-0.39, 0.29) is 11.7 Å². The number of fused-ring (bicyclic) bond motifs is 2. The van der Waals surface area contributed by atoms with Gasteiger partial charge in [0, 0.05) is 28.3 Å². The molecule has 0 spiro atoms. The maximum atomic E-state index is 12.4. The molecule has 2 aromatic rings. The van der Waals surface area contributed by atoms with Crippen molar-refractivity contribution >= 4 is 29.0 Å². The van der Waals surface area contributed by atoms with E-state index in [1.54, 1.807) is 6.92 Å². The lowest BCUT2D eigenvalue weighted by atomic mass is 9.76. The Morgan fingerprint density at radius 2 is 2.04 bits per heavy atom. The van der Waals surface area contributed by atoms with Gasteiger partial charge in [-0.1, -0.05) is 23.7 Å². The van der Waals surface area contributed by atoms with Crippen molar-refractivity contribution in [1.29, 1.82) is 0 Å². The molecular formula is C21H21ClN2O. The number of nitrogens with one attached hydrogen (secondary N) is 1. The number of carbonyl (C=O) groups is 1. The zero-order valence-corrected chi connectivity index (χ0v) is 15.0. The van der Waals surface area contributed by atoms with Crippen molar-refractivity contribution in [2.45, 2.75) is 25.7 Å². The number of nitrogens with zero attached hydrogens (tertiary/aromatic N) is 1. The molecule has 2 heterocycles. The van der Waals surface area contributed by atoms with Gasteiger partial charge < -0.3 is 5.32 Å². The molecule has 1 aromatic carbocycles. The molecule has 0 bridgehead atoms. The van der Waals surface area contributed by atoms with E-state index in [2.05, 4.69) is 11.4 Å². The fourth-order valence-electron chi connectivity index (χ4n) is 4.17. The minimum absolute atomic E-state index is 0.0612. The second-order valence-corrected chi connectivity index (χ2v) is 7.33. The Kier molecular flexibility index (Phi) is 4.45. The number of allylic oxidation sites excluding steroid dienone is 1. The molecule has 1 saturated heterocycles. The molecule has 1 N–H and O–H groups in total. The first-order chi connectivity index (χ1) is 12.1. The molecule has 1 aliphatic carbocycles. The van der Waals surface area contributed by atoms with Crippen LogP contribution in [-0.2, 0) is 4.79 Å². The van der Waals surface area contributed by atoms with Crippen molar-refractivity contribution in [3.63, 3.8) is 0 Å². The second-order valence-electron chi connectivity index (χ2n) is 6.89. The quantitative estimate of drug-likeness (QED) is 0.875. The summed E-state index contributed by atoms with van der Waals surface area (Å²) in [5.74, 6) is 0.763. The largest absolute Gasteiger partial charge is 0.317 e. The average molecular weight is 353 g/mol. The second kappa shape index (κ2) is 6.74. The predicted molar refractivity (Wildman–Crippen MR) is 102 cm³/mol. The fourth-order valence-corrected chi connectivity index (χ4v) is 4.35. The van der Waals surface area contributed by atoms with E-state index in [9.17, 15) is 4.79 Å². The third-order valence-electron chi connectivity index (χ3n) is 5.34. The van der Waals surface area contributed by atoms with Crippen LogP contribution in [0.2, 0.25) is 5.02 Å². The molecule has 0 amide bonds. The van der Waals surface area contributed by atoms with E-state index < -0.39 is 0 Å². The minimum Gasteiger partial charge on any atom is -0.317 e. The van der Waals surface area contributed by atoms with Crippen molar-refractivity contribution < 1.29 is 4.79 Å². The molecule has 3 nitrogen and oxygen atoms in total. The van der Waals surface area contributed by atoms with Crippen molar-refractivity contribution in [2.75, 3.05) is 13.1 Å². The number of aromatic nitrogens is 1. The van der Waals surface area contributed by atoms with E-state index in [1.807, 2.05) is 36.5 Å². The van der Waals surface area contributed by atoms with Gasteiger partial charge in [-0.2, -0.15) is 0 Å². The molecule has 2 aliphatic rings. The normalized spacial score (nSPS) is 20.2. The van der Waals surface area contributed by atoms with Gasteiger partial charge in [0.2, 0.25) is 0 Å². The van der Waals surface area contributed by atoms with Gasteiger partial charge in [-0.15, -0.1) is 0 Å². The number of piperidine rings is 1. The molecule has 0 saturated carbocycles. The van der Waals surface area contributed by atoms with E-state index in [0.717, 1.165) is 48.3 Å². The SMILES string of the molecule is CC(=O)C1=Cc2cc(Cl)ccc2C(C2CCNCC2)c2ncccc21. The smallest absolute Gasteiger partial charge is 0.160 e. The van der Waals surface area contributed by atoms with E-state index >= 15 is 0 Å². The summed E-state index contributed by atoms with van der Waals surface area (Å²) in [5.41, 5.74) is 4.98. The van der Waals surface area contributed by atoms with Crippen LogP contribution in [0.1, 0.15) is 48.1 Å². The van der Waals surface area contributed by atoms with Crippen LogP contribution in [0.4, 0.5) is 0 Å². The summed E-state index contributed by atoms with van der Waals surface area (Å²) < 4.78 is 0. The lowest BCUT2D eigenvalue weighted by Crippen LogP contribution is -2.32. The first-order valence-corrected chi connectivity index (χ1v) is 9.21. The fraction of sp³-hybridized carbons (Fsp3) is 0.333. The van der Waals surface area contributed by atoms with Gasteiger partial charge in [0.15, 0.2) is 5.78 Å². The maximum absolute atomic E-state index is 12.4. The summed E-state index contributed by atoms with van der Waals surface area (Å²) in [6.07, 6.45) is 6.05. The Balaban J connectivity index is 1.97. The first kappa shape index (κ1) is 16.5. The molecule has 1 unspecified atom stereocenters. The summed E-state index contributed by atoms with van der Waals surface area (Å²) in [4.78, 5) is 17.1. The summed E-state index contributed by atoms with van der Waals surface area (Å²) in [7, 11) is 0. The zero-order valence-electron chi connectivity index (χ0n) is 14.3. The van der Waals surface area contributed by atoms with Crippen LogP contribution in [0.25, 0.3) is 11.6 Å². The molecule has 1 atom stereocenters. The molecule has 4 heteroatoms. The molecule has 1 aliphatic heterocycles. The zero-order chi connectivity index (χ0) is 17.4. The van der Waals surface area contributed by atoms with Gasteiger partial charge in [-0.3, -0.25) is 9.78 Å². The highest BCUT2D eigenvalue weighted by atomic mass is 35.5. The summed E-state index contributed by atoms with van der Waals surface area (Å²) in [6.45, 7) is 3.68. The lowest BCUT2D eigenvalue weighted by Gasteiger charge is -2.32. The molecule has 128 valence electrons. The standard InChI is InChI=1S/C21H21ClN2O/c1-13(25)19-12-15-11-16(22)4-5-17(15)20(14-6-9-23-10-7-14)21-18(19)3-2-8-24-21/h2-5,8,11-12,14,20,23H,6-7,9-10H2,1H3. The van der Waals surface area contributed by atoms with Crippen molar-refractivity contribution in [1.82, 2.24) is 10.3 Å². The van der Waals surface area contributed by atoms with Crippen molar-refractivity contribution in [2.24, 2.45) is 5.92 Å². The maximum Gasteiger partial charge on any atom is 0.160 e. The van der Waals surface area contributed by atoms with Crippen LogP contribution in [0.15, 0.2) is 36.5 Å². The minimum atomic E-state index is 0.0612. The monoisotopic (exact) mass is 352 g/mol. The van der Waals surface area contributed by atoms with Crippen molar-refractivity contribution in [3.05, 3.63) is 63.9 Å². The van der Waals surface area contributed by atoms with Gasteiger partial charge in [0.05, 0.1) is 5.69 Å². The topological polar surface area (TPSA) is 42.0 Å². The van der Waals surface area contributed by atoms with Gasteiger partial charge in [0.25, 0.3) is 0 Å². The Labute approximate surface area is 153 Å². The number of pyridine rings is 1. The molecule has 1 fully saturated rings. The van der Waals surface area contributed by atoms with E-state index in [4.69, 9.17) is 16.6 Å². The number of ketones is 1. The van der Waals surface area contributed by atoms with Crippen LogP contribution in [0, 0.1) is 5.92 Å². The number of halogens is 1. The van der Waals surface area contributed by atoms with Crippen molar-refractivity contribution in [3.8, 4) is 0 Å². The lowest BCUT2D eigenvalue weighted by molar-refractivity contribution is -0.111. The highest BCUT2D eigenvalue weighted by Crippen LogP contribution is 2.44. The average Bonchev–Trinajstić information content (AvgIpc) is 2.76. The summed E-state index contributed by atoms with van der Waals surface area (Å²) >= 11 is 6.26. The van der Waals surface area contributed by atoms with Crippen LogP contribution >= 0.6 is 11.6 Å². The van der Waals surface area contributed by atoms with Crippen LogP contribution in [0.5, 0.6) is 0 Å². The number of hydrogen-bond acceptors (Lipinski definition) is 3. The molecule has 25 heavy (non-hydrogen) atoms. The highest BCUT2D eigenvalue weighted by molar-refractivity contribution is 6.31. The van der Waals surface area contributed by atoms with Gasteiger partial charge >= 0.3 is 0 Å². The predicted octanol–water partition coefficient (Wildman–Crippen LogP) is 4.31. The Morgan fingerprint density at radius 1 is 1.24 bits per heavy atom. The van der Waals surface area contributed by atoms with Gasteiger partial charge in [0.1, 0.15) is 0 Å². The highest BCUT2D eigenvalue weighted by Gasteiger charge is 2.33. The summed E-state index contributed by atoms with van der Waals surface area (Å²) in [5, 5.41) is 4.14. The van der Waals surface area contributed by atoms with Crippen LogP contribution < -0.4 is 5.32 Å². The number of Topliss-reactive ketones (excluding diaryl/α,β-unsaturated/α-hetero) is 1. The molecule has 4 rings (SSSR count). The number of rotatable bonds is 2. The van der Waals surface area contributed by atoms with E-state index in [0.29, 0.717) is 10.9 Å². The van der Waals surface area contributed by atoms with Gasteiger partial charge in [-0.05, 0) is 74.2 Å². The molecule has 1 aromatic heterocycles. The Bertz CT molecular complexity index is 853. The third-order valence-corrected chi connectivity index (χ3v) is 5.58. The molecular weight excluding hydrogens is 332 g/mol. The van der Waals surface area contributed by atoms with Crippen LogP contribution in [-0.4, -0.2) is 23.9 Å². The number of hydrogen-bond donors (Lipinski definition) is 1.